The van der Waals surface area contributed by atoms with E-state index in [9.17, 15) is 9.90 Å². The molecule has 0 radical (unpaired) electrons. The van der Waals surface area contributed by atoms with Crippen LogP contribution in [0.3, 0.4) is 0 Å². The molecule has 2 aromatic rings. The van der Waals surface area contributed by atoms with E-state index in [1.165, 1.54) is 6.92 Å². The average molecular weight is 314 g/mol. The van der Waals surface area contributed by atoms with E-state index in [-0.39, 0.29) is 12.5 Å². The van der Waals surface area contributed by atoms with E-state index in [2.05, 4.69) is 10.2 Å². The number of rotatable bonds is 7. The van der Waals surface area contributed by atoms with E-state index >= 15 is 0 Å². The fourth-order valence-corrected chi connectivity index (χ4v) is 2.35. The van der Waals surface area contributed by atoms with Crippen molar-refractivity contribution in [1.82, 2.24) is 5.32 Å². The lowest BCUT2D eigenvalue weighted by Crippen LogP contribution is -2.31. The molecule has 0 aliphatic rings. The third kappa shape index (κ3) is 4.72. The quantitative estimate of drug-likeness (QED) is 0.824. The van der Waals surface area contributed by atoms with Crippen LogP contribution in [-0.2, 0) is 11.4 Å². The van der Waals surface area contributed by atoms with Crippen molar-refractivity contribution in [3.05, 3.63) is 54.1 Å². The van der Waals surface area contributed by atoms with Crippen molar-refractivity contribution < 1.29 is 14.6 Å². The highest BCUT2D eigenvalue weighted by Crippen LogP contribution is 2.28. The second-order valence-corrected chi connectivity index (χ2v) is 5.16. The Hall–Kier alpha value is -2.53. The lowest BCUT2D eigenvalue weighted by molar-refractivity contribution is -0.118. The SMILES string of the molecule is COc1cccc(N(CCNC(C)=O)c2cccc(CO)c2)c1. The summed E-state index contributed by atoms with van der Waals surface area (Å²) >= 11 is 0. The number of ether oxygens (including phenoxy) is 1. The van der Waals surface area contributed by atoms with E-state index in [4.69, 9.17) is 4.74 Å². The zero-order valence-corrected chi connectivity index (χ0v) is 13.5. The van der Waals surface area contributed by atoms with E-state index in [0.717, 1.165) is 22.7 Å². The molecule has 5 heteroatoms. The fraction of sp³-hybridized carbons (Fsp3) is 0.278. The molecule has 2 N–H and O–H groups in total. The summed E-state index contributed by atoms with van der Waals surface area (Å²) in [6.45, 7) is 2.63. The number of nitrogens with zero attached hydrogens (tertiary/aromatic N) is 1. The van der Waals surface area contributed by atoms with Crippen molar-refractivity contribution in [3.63, 3.8) is 0 Å². The number of amides is 1. The number of methoxy groups -OCH3 is 1. The molecule has 0 aliphatic carbocycles. The fourth-order valence-electron chi connectivity index (χ4n) is 2.35. The highest BCUT2D eigenvalue weighted by atomic mass is 16.5. The zero-order valence-electron chi connectivity index (χ0n) is 13.5. The van der Waals surface area contributed by atoms with Crippen LogP contribution in [0.15, 0.2) is 48.5 Å². The van der Waals surface area contributed by atoms with Crippen molar-refractivity contribution >= 4 is 17.3 Å². The summed E-state index contributed by atoms with van der Waals surface area (Å²) in [6, 6.07) is 15.4. The Morgan fingerprint density at radius 2 is 1.87 bits per heavy atom. The molecule has 122 valence electrons. The number of carbonyl (C=O) groups is 1. The van der Waals surface area contributed by atoms with Gasteiger partial charge in [0.05, 0.1) is 13.7 Å². The van der Waals surface area contributed by atoms with Crippen LogP contribution in [0.25, 0.3) is 0 Å². The van der Waals surface area contributed by atoms with Crippen molar-refractivity contribution in [2.75, 3.05) is 25.1 Å². The second-order valence-electron chi connectivity index (χ2n) is 5.16. The summed E-state index contributed by atoms with van der Waals surface area (Å²) < 4.78 is 5.29. The lowest BCUT2D eigenvalue weighted by Gasteiger charge is -2.26. The predicted octanol–water partition coefficient (Wildman–Crippen LogP) is 2.46. The average Bonchev–Trinajstić information content (AvgIpc) is 2.58. The second kappa shape index (κ2) is 8.19. The molecule has 0 spiro atoms. The highest BCUT2D eigenvalue weighted by molar-refractivity contribution is 5.73. The van der Waals surface area contributed by atoms with Gasteiger partial charge in [-0.15, -0.1) is 0 Å². The summed E-state index contributed by atoms with van der Waals surface area (Å²) in [4.78, 5) is 13.2. The van der Waals surface area contributed by atoms with Gasteiger partial charge in [0.1, 0.15) is 5.75 Å². The van der Waals surface area contributed by atoms with Crippen molar-refractivity contribution in [2.45, 2.75) is 13.5 Å². The Kier molecular flexibility index (Phi) is 6.00. The number of aliphatic hydroxyl groups excluding tert-OH is 1. The largest absolute Gasteiger partial charge is 0.497 e. The Labute approximate surface area is 136 Å². The Bertz CT molecular complexity index is 611. The lowest BCUT2D eigenvalue weighted by atomic mass is 10.1. The molecule has 2 rings (SSSR count). The van der Waals surface area contributed by atoms with Crippen LogP contribution < -0.4 is 15.0 Å². The molecule has 0 unspecified atom stereocenters. The number of hydrogen-bond donors (Lipinski definition) is 2. The normalized spacial score (nSPS) is 10.2. The Balaban J connectivity index is 2.31. The van der Waals surface area contributed by atoms with Crippen LogP contribution in [0.2, 0.25) is 0 Å². The predicted molar refractivity (Wildman–Crippen MR) is 91.0 cm³/mol. The molecule has 5 nitrogen and oxygen atoms in total. The number of carbonyl (C=O) groups excluding carboxylic acids is 1. The first kappa shape index (κ1) is 16.8. The standard InChI is InChI=1S/C18H22N2O3/c1-14(22)19-9-10-20(16-6-3-5-15(11-16)13-21)17-7-4-8-18(12-17)23-2/h3-8,11-12,21H,9-10,13H2,1-2H3,(H,19,22). The van der Waals surface area contributed by atoms with Gasteiger partial charge in [-0.3, -0.25) is 4.79 Å². The number of benzene rings is 2. The van der Waals surface area contributed by atoms with Crippen LogP contribution in [-0.4, -0.2) is 31.2 Å². The zero-order chi connectivity index (χ0) is 16.7. The maximum absolute atomic E-state index is 11.1. The molecule has 0 atom stereocenters. The first-order chi connectivity index (χ1) is 11.1. The minimum absolute atomic E-state index is 0.00845. The van der Waals surface area contributed by atoms with Gasteiger partial charge in [-0.25, -0.2) is 0 Å². The van der Waals surface area contributed by atoms with Gasteiger partial charge in [0.15, 0.2) is 0 Å². The molecular formula is C18H22N2O3. The molecule has 0 aliphatic heterocycles. The van der Waals surface area contributed by atoms with Crippen LogP contribution in [0, 0.1) is 0 Å². The minimum Gasteiger partial charge on any atom is -0.497 e. The number of nitrogens with one attached hydrogen (secondary N) is 1. The van der Waals surface area contributed by atoms with Gasteiger partial charge in [-0.2, -0.15) is 0 Å². The Morgan fingerprint density at radius 3 is 2.52 bits per heavy atom. The monoisotopic (exact) mass is 314 g/mol. The van der Waals surface area contributed by atoms with Crippen molar-refractivity contribution in [1.29, 1.82) is 0 Å². The van der Waals surface area contributed by atoms with Crippen molar-refractivity contribution in [3.8, 4) is 5.75 Å². The van der Waals surface area contributed by atoms with E-state index < -0.39 is 0 Å². The Morgan fingerprint density at radius 1 is 1.17 bits per heavy atom. The molecule has 0 fully saturated rings. The van der Waals surface area contributed by atoms with Crippen LogP contribution in [0.1, 0.15) is 12.5 Å². The number of aliphatic hydroxyl groups is 1. The van der Waals surface area contributed by atoms with E-state index in [1.807, 2.05) is 48.5 Å². The van der Waals surface area contributed by atoms with Crippen LogP contribution in [0.5, 0.6) is 5.75 Å². The minimum atomic E-state index is -0.0558. The molecule has 0 bridgehead atoms. The van der Waals surface area contributed by atoms with E-state index in [0.29, 0.717) is 13.1 Å². The number of anilines is 2. The van der Waals surface area contributed by atoms with Gasteiger partial charge >= 0.3 is 0 Å². The maximum atomic E-state index is 11.1. The molecule has 23 heavy (non-hydrogen) atoms. The van der Waals surface area contributed by atoms with Gasteiger partial charge in [-0.05, 0) is 29.8 Å². The molecule has 1 amide bonds. The van der Waals surface area contributed by atoms with Gasteiger partial charge < -0.3 is 20.1 Å². The van der Waals surface area contributed by atoms with Crippen LogP contribution in [0.4, 0.5) is 11.4 Å². The summed E-state index contributed by atoms with van der Waals surface area (Å²) in [5.74, 6) is 0.713. The smallest absolute Gasteiger partial charge is 0.216 e. The maximum Gasteiger partial charge on any atom is 0.216 e. The van der Waals surface area contributed by atoms with Gasteiger partial charge in [0, 0.05) is 37.5 Å². The first-order valence-electron chi connectivity index (χ1n) is 7.50. The molecule has 0 heterocycles. The molecule has 2 aromatic carbocycles. The van der Waals surface area contributed by atoms with Gasteiger partial charge in [0.2, 0.25) is 5.91 Å². The van der Waals surface area contributed by atoms with E-state index in [1.54, 1.807) is 7.11 Å². The summed E-state index contributed by atoms with van der Waals surface area (Å²) in [5, 5.41) is 12.2. The molecular weight excluding hydrogens is 292 g/mol. The molecule has 0 saturated heterocycles. The molecule has 0 aromatic heterocycles. The summed E-state index contributed by atoms with van der Waals surface area (Å²) in [5.41, 5.74) is 2.76. The van der Waals surface area contributed by atoms with Crippen LogP contribution >= 0.6 is 0 Å². The third-order valence-electron chi connectivity index (χ3n) is 3.48. The van der Waals surface area contributed by atoms with Crippen molar-refractivity contribution in [2.24, 2.45) is 0 Å². The highest BCUT2D eigenvalue weighted by Gasteiger charge is 2.11. The van der Waals surface area contributed by atoms with Gasteiger partial charge in [0.25, 0.3) is 0 Å². The third-order valence-corrected chi connectivity index (χ3v) is 3.48. The van der Waals surface area contributed by atoms with Gasteiger partial charge in [-0.1, -0.05) is 18.2 Å². The topological polar surface area (TPSA) is 61.8 Å². The molecule has 0 saturated carbocycles. The number of hydrogen-bond acceptors (Lipinski definition) is 4. The first-order valence-corrected chi connectivity index (χ1v) is 7.50. The summed E-state index contributed by atoms with van der Waals surface area (Å²) in [6.07, 6.45) is 0. The summed E-state index contributed by atoms with van der Waals surface area (Å²) in [7, 11) is 1.63.